The summed E-state index contributed by atoms with van der Waals surface area (Å²) < 4.78 is 7.39. The van der Waals surface area contributed by atoms with E-state index in [1.54, 1.807) is 12.7 Å². The molecule has 0 saturated heterocycles. The third-order valence-corrected chi connectivity index (χ3v) is 7.11. The highest BCUT2D eigenvalue weighted by atomic mass is 16.5. The van der Waals surface area contributed by atoms with Gasteiger partial charge in [0.15, 0.2) is 5.78 Å². The number of esters is 1. The molecule has 1 heterocycles. The fourth-order valence-corrected chi connectivity index (χ4v) is 4.97. The Hall–Kier alpha value is -2.24. The number of ether oxygens (including phenoxy) is 1. The maximum atomic E-state index is 12.5. The molecule has 1 aromatic rings. The van der Waals surface area contributed by atoms with E-state index < -0.39 is 0 Å². The first kappa shape index (κ1) is 23.4. The van der Waals surface area contributed by atoms with Crippen LogP contribution < -0.4 is 0 Å². The Morgan fingerprint density at radius 1 is 1.16 bits per heavy atom. The standard InChI is InChI=1S/C25H37N3O3/c1-18-10-11-21(14-23-20(3)24(29)15-22(18)23)19(2)25(30)31-13-9-7-5-4-6-8-12-28-17-26-16-27-28/h16-18,21-22H,2,4-15H2,1,3H3/t18-,21+,22-/m0/s1. The molecule has 0 spiro atoms. The van der Waals surface area contributed by atoms with Gasteiger partial charge in [0.25, 0.3) is 0 Å². The van der Waals surface area contributed by atoms with Gasteiger partial charge in [-0.05, 0) is 62.4 Å². The van der Waals surface area contributed by atoms with Crippen molar-refractivity contribution in [1.82, 2.24) is 14.8 Å². The first-order chi connectivity index (χ1) is 15.0. The number of rotatable bonds is 11. The molecule has 31 heavy (non-hydrogen) atoms. The molecular weight excluding hydrogens is 390 g/mol. The average Bonchev–Trinajstić information content (AvgIpc) is 3.33. The monoisotopic (exact) mass is 427 g/mol. The van der Waals surface area contributed by atoms with Gasteiger partial charge in [0.2, 0.25) is 0 Å². The highest BCUT2D eigenvalue weighted by molar-refractivity contribution is 5.98. The first-order valence-electron chi connectivity index (χ1n) is 11.9. The number of carbonyl (C=O) groups is 2. The largest absolute Gasteiger partial charge is 0.462 e. The van der Waals surface area contributed by atoms with E-state index in [0.29, 0.717) is 30.4 Å². The Labute approximate surface area is 186 Å². The molecule has 1 fully saturated rings. The molecule has 1 aromatic heterocycles. The molecule has 0 N–H and O–H groups in total. The summed E-state index contributed by atoms with van der Waals surface area (Å²) in [5.74, 6) is 0.963. The number of hydrogen-bond donors (Lipinski definition) is 0. The molecule has 3 rings (SSSR count). The Balaban J connectivity index is 1.31. The molecular formula is C25H37N3O3. The van der Waals surface area contributed by atoms with Crippen LogP contribution in [0.3, 0.4) is 0 Å². The predicted molar refractivity (Wildman–Crippen MR) is 120 cm³/mol. The Kier molecular flexibility index (Phi) is 8.61. The number of aryl methyl sites for hydroxylation is 1. The summed E-state index contributed by atoms with van der Waals surface area (Å²) in [6.07, 6.45) is 13.3. The van der Waals surface area contributed by atoms with Crippen LogP contribution in [0.4, 0.5) is 0 Å². The molecule has 2 aliphatic carbocycles. The second kappa shape index (κ2) is 11.4. The molecule has 0 bridgehead atoms. The zero-order valence-corrected chi connectivity index (χ0v) is 19.1. The minimum atomic E-state index is -0.258. The highest BCUT2D eigenvalue weighted by Crippen LogP contribution is 2.45. The van der Waals surface area contributed by atoms with E-state index in [2.05, 4.69) is 23.6 Å². The number of fused-ring (bicyclic) bond motifs is 1. The number of Topliss-reactive ketones (excluding diaryl/α,β-unsaturated/α-hetero) is 1. The molecule has 3 atom stereocenters. The molecule has 0 aromatic carbocycles. The van der Waals surface area contributed by atoms with Gasteiger partial charge < -0.3 is 4.74 Å². The number of hydrogen-bond acceptors (Lipinski definition) is 5. The van der Waals surface area contributed by atoms with Gasteiger partial charge in [-0.1, -0.05) is 44.8 Å². The minimum absolute atomic E-state index is 0.0980. The highest BCUT2D eigenvalue weighted by Gasteiger charge is 2.38. The third kappa shape index (κ3) is 6.37. The van der Waals surface area contributed by atoms with Crippen molar-refractivity contribution in [2.45, 2.75) is 84.6 Å². The van der Waals surface area contributed by atoms with Gasteiger partial charge in [-0.15, -0.1) is 0 Å². The van der Waals surface area contributed by atoms with Crippen molar-refractivity contribution < 1.29 is 14.3 Å². The van der Waals surface area contributed by atoms with Crippen LogP contribution in [-0.4, -0.2) is 33.1 Å². The van der Waals surface area contributed by atoms with Crippen molar-refractivity contribution in [3.8, 4) is 0 Å². The molecule has 0 amide bonds. The zero-order valence-electron chi connectivity index (χ0n) is 19.1. The maximum absolute atomic E-state index is 12.5. The zero-order chi connectivity index (χ0) is 22.2. The van der Waals surface area contributed by atoms with Gasteiger partial charge in [0.05, 0.1) is 6.61 Å². The first-order valence-corrected chi connectivity index (χ1v) is 11.9. The summed E-state index contributed by atoms with van der Waals surface area (Å²) in [5.41, 5.74) is 2.77. The van der Waals surface area contributed by atoms with Crippen LogP contribution in [0.25, 0.3) is 0 Å². The number of unbranched alkanes of at least 4 members (excludes halogenated alkanes) is 5. The van der Waals surface area contributed by atoms with E-state index in [1.165, 1.54) is 18.4 Å². The van der Waals surface area contributed by atoms with Gasteiger partial charge in [0, 0.05) is 18.5 Å². The van der Waals surface area contributed by atoms with Crippen molar-refractivity contribution in [2.24, 2.45) is 17.8 Å². The van der Waals surface area contributed by atoms with Crippen molar-refractivity contribution >= 4 is 11.8 Å². The van der Waals surface area contributed by atoms with E-state index in [-0.39, 0.29) is 17.7 Å². The van der Waals surface area contributed by atoms with E-state index in [0.717, 1.165) is 57.1 Å². The third-order valence-electron chi connectivity index (χ3n) is 7.11. The lowest BCUT2D eigenvalue weighted by Gasteiger charge is -2.19. The second-order valence-corrected chi connectivity index (χ2v) is 9.28. The van der Waals surface area contributed by atoms with Gasteiger partial charge >= 0.3 is 5.97 Å². The molecule has 0 aliphatic heterocycles. The van der Waals surface area contributed by atoms with Crippen molar-refractivity contribution in [3.05, 3.63) is 36.0 Å². The van der Waals surface area contributed by atoms with Crippen LogP contribution in [0.1, 0.15) is 78.1 Å². The van der Waals surface area contributed by atoms with Gasteiger partial charge in [-0.2, -0.15) is 5.10 Å². The summed E-state index contributed by atoms with van der Waals surface area (Å²) in [7, 11) is 0. The van der Waals surface area contributed by atoms with Crippen molar-refractivity contribution in [1.29, 1.82) is 0 Å². The summed E-state index contributed by atoms with van der Waals surface area (Å²) in [6, 6.07) is 0. The molecule has 0 radical (unpaired) electrons. The van der Waals surface area contributed by atoms with Gasteiger partial charge in [-0.25, -0.2) is 9.78 Å². The molecule has 6 nitrogen and oxygen atoms in total. The fraction of sp³-hybridized carbons (Fsp3) is 0.680. The normalized spacial score (nSPS) is 23.5. The minimum Gasteiger partial charge on any atom is -0.462 e. The summed E-state index contributed by atoms with van der Waals surface area (Å²) >= 11 is 0. The molecule has 170 valence electrons. The average molecular weight is 428 g/mol. The predicted octanol–water partition coefficient (Wildman–Crippen LogP) is 5.06. The number of allylic oxidation sites excluding steroid dienone is 2. The van der Waals surface area contributed by atoms with Crippen LogP contribution in [0.5, 0.6) is 0 Å². The van der Waals surface area contributed by atoms with Gasteiger partial charge in [0.1, 0.15) is 12.7 Å². The second-order valence-electron chi connectivity index (χ2n) is 9.28. The lowest BCUT2D eigenvalue weighted by Crippen LogP contribution is -2.16. The quantitative estimate of drug-likeness (QED) is 0.280. The van der Waals surface area contributed by atoms with Gasteiger partial charge in [-0.3, -0.25) is 9.48 Å². The Morgan fingerprint density at radius 2 is 1.90 bits per heavy atom. The Bertz CT molecular complexity index is 797. The summed E-state index contributed by atoms with van der Waals surface area (Å²) in [4.78, 5) is 28.7. The number of nitrogens with zero attached hydrogens (tertiary/aromatic N) is 3. The summed E-state index contributed by atoms with van der Waals surface area (Å²) in [6.45, 7) is 9.64. The number of carbonyl (C=O) groups excluding carboxylic acids is 2. The SMILES string of the molecule is C=C(C(=O)OCCCCCCCCn1cncn1)[C@@H]1CC[C@H](C)[C@@H]2CC(=O)C(C)=C2C1. The molecule has 6 heteroatoms. The molecule has 1 saturated carbocycles. The van der Waals surface area contributed by atoms with Crippen LogP contribution in [0, 0.1) is 17.8 Å². The van der Waals surface area contributed by atoms with Crippen molar-refractivity contribution in [3.63, 3.8) is 0 Å². The maximum Gasteiger partial charge on any atom is 0.333 e. The van der Waals surface area contributed by atoms with E-state index in [9.17, 15) is 9.59 Å². The Morgan fingerprint density at radius 3 is 2.65 bits per heavy atom. The van der Waals surface area contributed by atoms with E-state index in [4.69, 9.17) is 4.74 Å². The van der Waals surface area contributed by atoms with E-state index >= 15 is 0 Å². The number of ketones is 1. The van der Waals surface area contributed by atoms with Crippen LogP contribution in [0.2, 0.25) is 0 Å². The smallest absolute Gasteiger partial charge is 0.333 e. The lowest BCUT2D eigenvalue weighted by atomic mass is 9.86. The molecule has 0 unspecified atom stereocenters. The fourth-order valence-electron chi connectivity index (χ4n) is 4.97. The van der Waals surface area contributed by atoms with E-state index in [1.807, 2.05) is 11.6 Å². The topological polar surface area (TPSA) is 74.1 Å². The summed E-state index contributed by atoms with van der Waals surface area (Å²) in [5, 5.41) is 4.10. The van der Waals surface area contributed by atoms with Crippen molar-refractivity contribution in [2.75, 3.05) is 6.61 Å². The lowest BCUT2D eigenvalue weighted by molar-refractivity contribution is -0.139. The number of aromatic nitrogens is 3. The van der Waals surface area contributed by atoms with Crippen LogP contribution in [0.15, 0.2) is 36.0 Å². The molecule has 2 aliphatic rings. The van der Waals surface area contributed by atoms with Crippen LogP contribution >= 0.6 is 0 Å². The van der Waals surface area contributed by atoms with Crippen LogP contribution in [-0.2, 0) is 20.9 Å².